The fourth-order valence-electron chi connectivity index (χ4n) is 3.57. The van der Waals surface area contributed by atoms with Crippen LogP contribution in [-0.2, 0) is 0 Å². The van der Waals surface area contributed by atoms with Crippen LogP contribution in [0.4, 0.5) is 5.69 Å². The molecule has 1 saturated carbocycles. The first-order valence-corrected chi connectivity index (χ1v) is 8.36. The first kappa shape index (κ1) is 17.1. The van der Waals surface area contributed by atoms with Crippen molar-refractivity contribution < 1.29 is 0 Å². The van der Waals surface area contributed by atoms with Gasteiger partial charge in [0.1, 0.15) is 5.84 Å². The van der Waals surface area contributed by atoms with E-state index in [0.717, 1.165) is 25.7 Å². The minimum Gasteiger partial charge on any atom is -0.378 e. The van der Waals surface area contributed by atoms with Gasteiger partial charge in [0.25, 0.3) is 0 Å². The van der Waals surface area contributed by atoms with Crippen LogP contribution in [0, 0.1) is 13.8 Å². The van der Waals surface area contributed by atoms with Crippen LogP contribution in [0.5, 0.6) is 0 Å². The third kappa shape index (κ3) is 3.75. The number of hydrogen-bond donors (Lipinski definition) is 1. The fourth-order valence-corrected chi connectivity index (χ4v) is 3.57. The van der Waals surface area contributed by atoms with Gasteiger partial charge < -0.3 is 10.2 Å². The Hall–Kier alpha value is -1.22. The number of aliphatic imine (C=N–C) groups is 1. The van der Waals surface area contributed by atoms with Crippen molar-refractivity contribution >= 4 is 23.9 Å². The van der Waals surface area contributed by atoms with Crippen molar-refractivity contribution in [2.45, 2.75) is 52.0 Å². The first-order chi connectivity index (χ1) is 10.3. The number of anilines is 1. The quantitative estimate of drug-likeness (QED) is 0.900. The predicted octanol–water partition coefficient (Wildman–Crippen LogP) is 4.18. The van der Waals surface area contributed by atoms with Gasteiger partial charge in [0.05, 0.1) is 13.1 Å². The topological polar surface area (TPSA) is 27.6 Å². The molecular formula is C18H28ClN3. The Labute approximate surface area is 140 Å². The first-order valence-electron chi connectivity index (χ1n) is 8.36. The molecule has 0 atom stereocenters. The molecular weight excluding hydrogens is 294 g/mol. The molecule has 1 aromatic carbocycles. The number of nitrogens with one attached hydrogen (secondary N) is 1. The lowest BCUT2D eigenvalue weighted by Crippen LogP contribution is -2.42. The third-order valence-corrected chi connectivity index (χ3v) is 5.02. The van der Waals surface area contributed by atoms with E-state index in [1.54, 1.807) is 0 Å². The average Bonchev–Trinajstić information content (AvgIpc) is 2.98. The molecule has 1 aliphatic heterocycles. The van der Waals surface area contributed by atoms with Gasteiger partial charge in [-0.05, 0) is 43.9 Å². The smallest absolute Gasteiger partial charge is 0.119 e. The zero-order valence-electron chi connectivity index (χ0n) is 13.8. The summed E-state index contributed by atoms with van der Waals surface area (Å²) in [6.07, 6.45) is 6.89. The van der Waals surface area contributed by atoms with Crippen molar-refractivity contribution in [2.75, 3.05) is 25.0 Å². The van der Waals surface area contributed by atoms with Crippen molar-refractivity contribution in [3.05, 3.63) is 29.3 Å². The lowest BCUT2D eigenvalue weighted by Gasteiger charge is -2.33. The predicted molar refractivity (Wildman–Crippen MR) is 97.5 cm³/mol. The molecule has 1 aliphatic carbocycles. The summed E-state index contributed by atoms with van der Waals surface area (Å²) >= 11 is 0. The Kier molecular flexibility index (Phi) is 6.13. The second-order valence-corrected chi connectivity index (χ2v) is 6.38. The molecule has 0 unspecified atom stereocenters. The molecule has 122 valence electrons. The summed E-state index contributed by atoms with van der Waals surface area (Å²) in [5, 5.41) is 3.59. The van der Waals surface area contributed by atoms with Gasteiger partial charge in [-0.25, -0.2) is 0 Å². The van der Waals surface area contributed by atoms with Crippen molar-refractivity contribution in [1.29, 1.82) is 0 Å². The van der Waals surface area contributed by atoms with Crippen LogP contribution in [0.2, 0.25) is 0 Å². The lowest BCUT2D eigenvalue weighted by molar-refractivity contribution is 0.258. The van der Waals surface area contributed by atoms with Gasteiger partial charge in [0.15, 0.2) is 0 Å². The summed E-state index contributed by atoms with van der Waals surface area (Å²) in [6, 6.07) is 7.20. The maximum Gasteiger partial charge on any atom is 0.119 e. The normalized spacial score (nSPS) is 18.8. The second kappa shape index (κ2) is 7.87. The minimum absolute atomic E-state index is 0. The Balaban J connectivity index is 0.00000176. The van der Waals surface area contributed by atoms with E-state index in [1.165, 1.54) is 54.8 Å². The molecule has 4 heteroatoms. The molecule has 3 rings (SSSR count). The Morgan fingerprint density at radius 2 is 1.95 bits per heavy atom. The number of nitrogens with zero attached hydrogens (tertiary/aromatic N) is 2. The Morgan fingerprint density at radius 1 is 1.18 bits per heavy atom. The highest BCUT2D eigenvalue weighted by Crippen LogP contribution is 2.25. The third-order valence-electron chi connectivity index (χ3n) is 5.02. The summed E-state index contributed by atoms with van der Waals surface area (Å²) in [6.45, 7) is 7.31. The number of hydrogen-bond acceptors (Lipinski definition) is 3. The molecule has 0 aromatic heterocycles. The van der Waals surface area contributed by atoms with E-state index in [4.69, 9.17) is 4.99 Å². The SMILES string of the molecule is Cc1cccc(NCC2=NCCN2C2CCCCC2)c1C.Cl. The Morgan fingerprint density at radius 3 is 2.73 bits per heavy atom. The van der Waals surface area contributed by atoms with E-state index < -0.39 is 0 Å². The van der Waals surface area contributed by atoms with Crippen LogP contribution >= 0.6 is 12.4 Å². The highest BCUT2D eigenvalue weighted by atomic mass is 35.5. The van der Waals surface area contributed by atoms with Crippen molar-refractivity contribution in [2.24, 2.45) is 4.99 Å². The molecule has 3 nitrogen and oxygen atoms in total. The van der Waals surface area contributed by atoms with E-state index in [0.29, 0.717) is 0 Å². The molecule has 0 bridgehead atoms. The zero-order valence-corrected chi connectivity index (χ0v) is 14.6. The molecule has 1 fully saturated rings. The molecule has 0 radical (unpaired) electrons. The van der Waals surface area contributed by atoms with Gasteiger partial charge in [0, 0.05) is 18.3 Å². The summed E-state index contributed by atoms with van der Waals surface area (Å²) in [5.74, 6) is 1.27. The summed E-state index contributed by atoms with van der Waals surface area (Å²) < 4.78 is 0. The summed E-state index contributed by atoms with van der Waals surface area (Å²) in [5.41, 5.74) is 3.94. The Bertz CT molecular complexity index is 521. The molecule has 1 heterocycles. The number of amidine groups is 1. The number of rotatable bonds is 4. The summed E-state index contributed by atoms with van der Waals surface area (Å²) in [4.78, 5) is 7.31. The maximum atomic E-state index is 4.74. The van der Waals surface area contributed by atoms with E-state index in [9.17, 15) is 0 Å². The highest BCUT2D eigenvalue weighted by molar-refractivity contribution is 5.88. The van der Waals surface area contributed by atoms with Gasteiger partial charge in [-0.2, -0.15) is 0 Å². The van der Waals surface area contributed by atoms with Gasteiger partial charge >= 0.3 is 0 Å². The van der Waals surface area contributed by atoms with E-state index in [-0.39, 0.29) is 12.4 Å². The lowest BCUT2D eigenvalue weighted by atomic mass is 9.94. The second-order valence-electron chi connectivity index (χ2n) is 6.38. The monoisotopic (exact) mass is 321 g/mol. The molecule has 0 saturated heterocycles. The molecule has 2 aliphatic rings. The van der Waals surface area contributed by atoms with Crippen LogP contribution in [-0.4, -0.2) is 36.4 Å². The van der Waals surface area contributed by atoms with Gasteiger partial charge in [-0.1, -0.05) is 31.4 Å². The van der Waals surface area contributed by atoms with Crippen LogP contribution in [0.3, 0.4) is 0 Å². The van der Waals surface area contributed by atoms with Crippen LogP contribution in [0.1, 0.15) is 43.2 Å². The van der Waals surface area contributed by atoms with Crippen LogP contribution in [0.15, 0.2) is 23.2 Å². The van der Waals surface area contributed by atoms with Crippen molar-refractivity contribution in [1.82, 2.24) is 4.90 Å². The van der Waals surface area contributed by atoms with E-state index in [2.05, 4.69) is 42.3 Å². The van der Waals surface area contributed by atoms with Gasteiger partial charge in [-0.3, -0.25) is 4.99 Å². The highest BCUT2D eigenvalue weighted by Gasteiger charge is 2.26. The molecule has 1 aromatic rings. The number of halogens is 1. The van der Waals surface area contributed by atoms with E-state index in [1.807, 2.05) is 0 Å². The largest absolute Gasteiger partial charge is 0.378 e. The average molecular weight is 322 g/mol. The minimum atomic E-state index is 0. The van der Waals surface area contributed by atoms with Crippen LogP contribution < -0.4 is 5.32 Å². The number of benzene rings is 1. The number of aryl methyl sites for hydroxylation is 1. The zero-order chi connectivity index (χ0) is 14.7. The molecule has 0 spiro atoms. The maximum absolute atomic E-state index is 4.74. The van der Waals surface area contributed by atoms with Gasteiger partial charge in [-0.15, -0.1) is 12.4 Å². The molecule has 22 heavy (non-hydrogen) atoms. The van der Waals surface area contributed by atoms with Gasteiger partial charge in [0.2, 0.25) is 0 Å². The molecule has 1 N–H and O–H groups in total. The summed E-state index contributed by atoms with van der Waals surface area (Å²) in [7, 11) is 0. The van der Waals surface area contributed by atoms with E-state index >= 15 is 0 Å². The van der Waals surface area contributed by atoms with Crippen LogP contribution in [0.25, 0.3) is 0 Å². The fraction of sp³-hybridized carbons (Fsp3) is 0.611. The standard InChI is InChI=1S/C18H27N3.ClH/c1-14-7-6-10-17(15(14)2)20-13-18-19-11-12-21(18)16-8-4-3-5-9-16;/h6-7,10,16,20H,3-5,8-9,11-13H2,1-2H3;1H. The van der Waals surface area contributed by atoms with Crippen molar-refractivity contribution in [3.8, 4) is 0 Å². The van der Waals surface area contributed by atoms with Crippen molar-refractivity contribution in [3.63, 3.8) is 0 Å². The molecule has 0 amide bonds.